The van der Waals surface area contributed by atoms with Crippen LogP contribution in [-0.2, 0) is 13.5 Å². The first-order valence-corrected chi connectivity index (χ1v) is 7.80. The van der Waals surface area contributed by atoms with Crippen LogP contribution in [0.15, 0.2) is 0 Å². The van der Waals surface area contributed by atoms with Crippen LogP contribution in [0.3, 0.4) is 0 Å². The highest BCUT2D eigenvalue weighted by Crippen LogP contribution is 2.22. The minimum Gasteiger partial charge on any atom is -0.395 e. The number of carbonyl (C=O) groups excluding carboxylic acids is 1. The maximum Gasteiger partial charge on any atom is 0.274 e. The van der Waals surface area contributed by atoms with Crippen LogP contribution in [0.4, 0.5) is 5.69 Å². The van der Waals surface area contributed by atoms with Crippen LogP contribution in [0.2, 0.25) is 0 Å². The van der Waals surface area contributed by atoms with Gasteiger partial charge in [-0.25, -0.2) is 0 Å². The van der Waals surface area contributed by atoms with Gasteiger partial charge in [0.25, 0.3) is 5.91 Å². The molecule has 6 nitrogen and oxygen atoms in total. The molecule has 1 aromatic rings. The van der Waals surface area contributed by atoms with E-state index in [4.69, 9.17) is 5.73 Å². The first kappa shape index (κ1) is 15.8. The SMILES string of the molecule is CCc1nn(C)c(C(=O)N(C)C2CCN(CC)CC2)c1N. The molecule has 0 spiro atoms. The molecule has 1 aliphatic rings. The molecular weight excluding hydrogens is 266 g/mol. The van der Waals surface area contributed by atoms with E-state index in [1.54, 1.807) is 11.7 Å². The standard InChI is InChI=1S/C15H27N5O/c1-5-12-13(16)14(19(4)17-12)15(21)18(3)11-7-9-20(6-2)10-8-11/h11H,5-10,16H2,1-4H3. The summed E-state index contributed by atoms with van der Waals surface area (Å²) in [5.74, 6) is -0.0165. The number of rotatable bonds is 4. The van der Waals surface area contributed by atoms with Crippen molar-refractivity contribution in [1.29, 1.82) is 0 Å². The number of amides is 1. The molecule has 0 aromatic carbocycles. The Morgan fingerprint density at radius 2 is 2.00 bits per heavy atom. The van der Waals surface area contributed by atoms with Crippen molar-refractivity contribution in [1.82, 2.24) is 19.6 Å². The third-order valence-electron chi connectivity index (χ3n) is 4.57. The van der Waals surface area contributed by atoms with Crippen LogP contribution in [0.1, 0.15) is 42.9 Å². The maximum absolute atomic E-state index is 12.7. The van der Waals surface area contributed by atoms with E-state index >= 15 is 0 Å². The lowest BCUT2D eigenvalue weighted by molar-refractivity contribution is 0.0637. The van der Waals surface area contributed by atoms with Gasteiger partial charge in [-0.15, -0.1) is 0 Å². The Kier molecular flexibility index (Phi) is 4.88. The second-order valence-corrected chi connectivity index (χ2v) is 5.77. The summed E-state index contributed by atoms with van der Waals surface area (Å²) in [5.41, 5.74) is 7.94. The topological polar surface area (TPSA) is 67.4 Å². The molecule has 0 aliphatic carbocycles. The minimum absolute atomic E-state index is 0.0165. The molecule has 1 fully saturated rings. The normalized spacial score (nSPS) is 17.1. The van der Waals surface area contributed by atoms with Crippen LogP contribution in [0.25, 0.3) is 0 Å². The lowest BCUT2D eigenvalue weighted by Crippen LogP contribution is -2.46. The van der Waals surface area contributed by atoms with Crippen LogP contribution in [-0.4, -0.2) is 58.2 Å². The molecule has 1 amide bonds. The highest BCUT2D eigenvalue weighted by molar-refractivity contribution is 5.98. The molecular formula is C15H27N5O. The number of nitrogens with zero attached hydrogens (tertiary/aromatic N) is 4. The smallest absolute Gasteiger partial charge is 0.274 e. The lowest BCUT2D eigenvalue weighted by Gasteiger charge is -2.36. The monoisotopic (exact) mass is 293 g/mol. The van der Waals surface area contributed by atoms with Crippen molar-refractivity contribution in [3.63, 3.8) is 0 Å². The Morgan fingerprint density at radius 1 is 1.38 bits per heavy atom. The van der Waals surface area contributed by atoms with E-state index in [2.05, 4.69) is 16.9 Å². The zero-order chi connectivity index (χ0) is 15.6. The number of aromatic nitrogens is 2. The van der Waals surface area contributed by atoms with E-state index in [1.807, 2.05) is 18.9 Å². The Bertz CT molecular complexity index is 502. The number of carbonyl (C=O) groups is 1. The summed E-state index contributed by atoms with van der Waals surface area (Å²) < 4.78 is 1.62. The number of likely N-dealkylation sites (tertiary alicyclic amines) is 1. The quantitative estimate of drug-likeness (QED) is 0.903. The molecule has 0 unspecified atom stereocenters. The van der Waals surface area contributed by atoms with Crippen molar-refractivity contribution < 1.29 is 4.79 Å². The second kappa shape index (κ2) is 6.47. The summed E-state index contributed by atoms with van der Waals surface area (Å²) in [7, 11) is 3.67. The average Bonchev–Trinajstić information content (AvgIpc) is 2.80. The number of nitrogens with two attached hydrogens (primary N) is 1. The number of hydrogen-bond acceptors (Lipinski definition) is 4. The molecule has 1 aromatic heterocycles. The fourth-order valence-corrected chi connectivity index (χ4v) is 3.07. The van der Waals surface area contributed by atoms with Gasteiger partial charge in [-0.05, 0) is 25.8 Å². The van der Waals surface area contributed by atoms with Gasteiger partial charge in [0.2, 0.25) is 0 Å². The molecule has 2 heterocycles. The van der Waals surface area contributed by atoms with E-state index in [0.717, 1.165) is 44.6 Å². The molecule has 0 saturated carbocycles. The van der Waals surface area contributed by atoms with Gasteiger partial charge in [-0.2, -0.15) is 5.10 Å². The predicted octanol–water partition coefficient (Wildman–Crippen LogP) is 1.12. The molecule has 6 heteroatoms. The lowest BCUT2D eigenvalue weighted by atomic mass is 10.0. The van der Waals surface area contributed by atoms with Gasteiger partial charge >= 0.3 is 0 Å². The molecule has 0 atom stereocenters. The van der Waals surface area contributed by atoms with Gasteiger partial charge in [0.15, 0.2) is 0 Å². The van der Waals surface area contributed by atoms with Gasteiger partial charge in [0, 0.05) is 33.2 Å². The first-order valence-electron chi connectivity index (χ1n) is 7.80. The van der Waals surface area contributed by atoms with Crippen molar-refractivity contribution in [3.8, 4) is 0 Å². The van der Waals surface area contributed by atoms with Crippen molar-refractivity contribution in [3.05, 3.63) is 11.4 Å². The Morgan fingerprint density at radius 3 is 2.48 bits per heavy atom. The number of nitrogen functional groups attached to an aromatic ring is 1. The minimum atomic E-state index is -0.0165. The van der Waals surface area contributed by atoms with Crippen molar-refractivity contribution in [2.75, 3.05) is 32.4 Å². The Hall–Kier alpha value is -1.56. The summed E-state index contributed by atoms with van der Waals surface area (Å²) >= 11 is 0. The van der Waals surface area contributed by atoms with Crippen LogP contribution < -0.4 is 5.73 Å². The largest absolute Gasteiger partial charge is 0.395 e. The Labute approximate surface area is 126 Å². The summed E-state index contributed by atoms with van der Waals surface area (Å²) in [6.45, 7) is 7.37. The molecule has 118 valence electrons. The van der Waals surface area contributed by atoms with E-state index in [0.29, 0.717) is 17.4 Å². The molecule has 1 saturated heterocycles. The first-order chi connectivity index (χ1) is 9.99. The molecule has 21 heavy (non-hydrogen) atoms. The maximum atomic E-state index is 12.7. The molecule has 2 rings (SSSR count). The second-order valence-electron chi connectivity index (χ2n) is 5.77. The number of aryl methyl sites for hydroxylation is 2. The van der Waals surface area contributed by atoms with E-state index in [1.165, 1.54) is 0 Å². The van der Waals surface area contributed by atoms with Gasteiger partial charge in [0.1, 0.15) is 5.69 Å². The molecule has 2 N–H and O–H groups in total. The van der Waals surface area contributed by atoms with E-state index in [9.17, 15) is 4.79 Å². The number of anilines is 1. The van der Waals surface area contributed by atoms with Crippen LogP contribution in [0, 0.1) is 0 Å². The molecule has 0 bridgehead atoms. The predicted molar refractivity (Wildman–Crippen MR) is 84.2 cm³/mol. The zero-order valence-electron chi connectivity index (χ0n) is 13.6. The van der Waals surface area contributed by atoms with Crippen molar-refractivity contribution in [2.45, 2.75) is 39.2 Å². The fraction of sp³-hybridized carbons (Fsp3) is 0.733. The zero-order valence-corrected chi connectivity index (χ0v) is 13.6. The fourth-order valence-electron chi connectivity index (χ4n) is 3.07. The van der Waals surface area contributed by atoms with Crippen LogP contribution >= 0.6 is 0 Å². The van der Waals surface area contributed by atoms with Gasteiger partial charge < -0.3 is 15.5 Å². The number of piperidine rings is 1. The van der Waals surface area contributed by atoms with Crippen molar-refractivity contribution >= 4 is 11.6 Å². The van der Waals surface area contributed by atoms with Gasteiger partial charge in [-0.1, -0.05) is 13.8 Å². The van der Waals surface area contributed by atoms with Crippen LogP contribution in [0.5, 0.6) is 0 Å². The van der Waals surface area contributed by atoms with Gasteiger partial charge in [0.05, 0.1) is 11.4 Å². The number of hydrogen-bond donors (Lipinski definition) is 1. The van der Waals surface area contributed by atoms with Crippen molar-refractivity contribution in [2.24, 2.45) is 7.05 Å². The van der Waals surface area contributed by atoms with Gasteiger partial charge in [-0.3, -0.25) is 9.48 Å². The summed E-state index contributed by atoms with van der Waals surface area (Å²) in [6.07, 6.45) is 2.79. The Balaban J connectivity index is 2.11. The highest BCUT2D eigenvalue weighted by Gasteiger charge is 2.29. The van der Waals surface area contributed by atoms with E-state index in [-0.39, 0.29) is 5.91 Å². The third kappa shape index (κ3) is 3.05. The summed E-state index contributed by atoms with van der Waals surface area (Å²) in [6, 6.07) is 0.291. The highest BCUT2D eigenvalue weighted by atomic mass is 16.2. The summed E-state index contributed by atoms with van der Waals surface area (Å²) in [5, 5.41) is 4.34. The molecule has 0 radical (unpaired) electrons. The third-order valence-corrected chi connectivity index (χ3v) is 4.57. The molecule has 1 aliphatic heterocycles. The summed E-state index contributed by atoms with van der Waals surface area (Å²) in [4.78, 5) is 17.0. The van der Waals surface area contributed by atoms with E-state index < -0.39 is 0 Å². The average molecular weight is 293 g/mol.